The van der Waals surface area contributed by atoms with Crippen molar-refractivity contribution in [3.8, 4) is 11.5 Å². The van der Waals surface area contributed by atoms with Crippen molar-refractivity contribution >= 4 is 11.7 Å². The van der Waals surface area contributed by atoms with Crippen LogP contribution in [-0.2, 0) is 4.79 Å². The molecule has 0 fully saturated rings. The minimum Gasteiger partial charge on any atom is -0.504 e. The van der Waals surface area contributed by atoms with E-state index in [1.807, 2.05) is 0 Å². The van der Waals surface area contributed by atoms with Crippen LogP contribution in [0.2, 0.25) is 0 Å². The SMILES string of the molecule is COc1cccc(C(=O)NCC(=O)C(C)(C)C)c1O. The molecule has 104 valence electrons. The summed E-state index contributed by atoms with van der Waals surface area (Å²) in [4.78, 5) is 23.6. The summed E-state index contributed by atoms with van der Waals surface area (Å²) in [7, 11) is 1.40. The van der Waals surface area contributed by atoms with Gasteiger partial charge in [0, 0.05) is 5.41 Å². The predicted octanol–water partition coefficient (Wildman–Crippen LogP) is 1.75. The number of phenolic OH excluding ortho intramolecular Hbond substituents is 1. The van der Waals surface area contributed by atoms with Gasteiger partial charge < -0.3 is 15.2 Å². The Hall–Kier alpha value is -2.04. The Labute approximate surface area is 112 Å². The highest BCUT2D eigenvalue weighted by molar-refractivity contribution is 6.00. The molecule has 0 atom stereocenters. The van der Waals surface area contributed by atoms with Gasteiger partial charge >= 0.3 is 0 Å². The zero-order valence-electron chi connectivity index (χ0n) is 11.6. The molecule has 1 aromatic carbocycles. The Morgan fingerprint density at radius 2 is 1.95 bits per heavy atom. The van der Waals surface area contributed by atoms with Crippen molar-refractivity contribution in [2.24, 2.45) is 5.41 Å². The van der Waals surface area contributed by atoms with Gasteiger partial charge in [-0.25, -0.2) is 0 Å². The minimum atomic E-state index is -0.510. The van der Waals surface area contributed by atoms with Gasteiger partial charge in [-0.1, -0.05) is 26.8 Å². The van der Waals surface area contributed by atoms with Crippen molar-refractivity contribution in [3.63, 3.8) is 0 Å². The van der Waals surface area contributed by atoms with Crippen LogP contribution in [0, 0.1) is 5.41 Å². The molecule has 0 aliphatic heterocycles. The minimum absolute atomic E-state index is 0.0705. The molecule has 5 heteroatoms. The zero-order chi connectivity index (χ0) is 14.6. The van der Waals surface area contributed by atoms with Crippen molar-refractivity contribution in [3.05, 3.63) is 23.8 Å². The molecule has 0 saturated heterocycles. The smallest absolute Gasteiger partial charge is 0.255 e. The van der Waals surface area contributed by atoms with Crippen molar-refractivity contribution in [1.29, 1.82) is 0 Å². The molecule has 0 aromatic heterocycles. The number of aromatic hydroxyl groups is 1. The van der Waals surface area contributed by atoms with Crippen LogP contribution in [0.3, 0.4) is 0 Å². The molecule has 1 aromatic rings. The fourth-order valence-corrected chi connectivity index (χ4v) is 1.39. The highest BCUT2D eigenvalue weighted by Crippen LogP contribution is 2.29. The Morgan fingerprint density at radius 1 is 1.32 bits per heavy atom. The van der Waals surface area contributed by atoms with E-state index in [0.29, 0.717) is 0 Å². The molecule has 0 heterocycles. The maximum Gasteiger partial charge on any atom is 0.255 e. The summed E-state index contributed by atoms with van der Waals surface area (Å²) in [6.07, 6.45) is 0. The number of para-hydroxylation sites is 1. The molecule has 0 bridgehead atoms. The summed E-state index contributed by atoms with van der Waals surface area (Å²) >= 11 is 0. The molecule has 19 heavy (non-hydrogen) atoms. The average molecular weight is 265 g/mol. The third-order valence-corrected chi connectivity index (χ3v) is 2.71. The van der Waals surface area contributed by atoms with Crippen LogP contribution >= 0.6 is 0 Å². The normalized spacial score (nSPS) is 10.9. The van der Waals surface area contributed by atoms with Gasteiger partial charge in [0.15, 0.2) is 17.3 Å². The van der Waals surface area contributed by atoms with E-state index in [2.05, 4.69) is 5.32 Å². The second kappa shape index (κ2) is 5.73. The van der Waals surface area contributed by atoms with Crippen LogP contribution in [0.4, 0.5) is 0 Å². The van der Waals surface area contributed by atoms with E-state index in [9.17, 15) is 14.7 Å². The first-order valence-electron chi connectivity index (χ1n) is 5.95. The lowest BCUT2D eigenvalue weighted by Gasteiger charge is -2.17. The number of methoxy groups -OCH3 is 1. The van der Waals surface area contributed by atoms with Gasteiger partial charge in [0.2, 0.25) is 0 Å². The molecule has 0 radical (unpaired) electrons. The van der Waals surface area contributed by atoms with Crippen LogP contribution in [0.25, 0.3) is 0 Å². The average Bonchev–Trinajstić information content (AvgIpc) is 2.34. The Balaban J connectivity index is 2.77. The van der Waals surface area contributed by atoms with Crippen LogP contribution in [0.15, 0.2) is 18.2 Å². The van der Waals surface area contributed by atoms with Crippen LogP contribution in [0.5, 0.6) is 11.5 Å². The number of carbonyl (C=O) groups excluding carboxylic acids is 2. The molecule has 0 aliphatic rings. The number of amides is 1. The largest absolute Gasteiger partial charge is 0.504 e. The van der Waals surface area contributed by atoms with Crippen LogP contribution in [0.1, 0.15) is 31.1 Å². The number of Topliss-reactive ketones (excluding diaryl/α,β-unsaturated/α-hetero) is 1. The van der Waals surface area contributed by atoms with E-state index >= 15 is 0 Å². The molecule has 0 aliphatic carbocycles. The zero-order valence-corrected chi connectivity index (χ0v) is 11.6. The fraction of sp³-hybridized carbons (Fsp3) is 0.429. The molecular formula is C14H19NO4. The first-order chi connectivity index (χ1) is 8.77. The fourth-order valence-electron chi connectivity index (χ4n) is 1.39. The lowest BCUT2D eigenvalue weighted by Crippen LogP contribution is -2.35. The van der Waals surface area contributed by atoms with Gasteiger partial charge in [-0.05, 0) is 12.1 Å². The lowest BCUT2D eigenvalue weighted by molar-refractivity contribution is -0.125. The van der Waals surface area contributed by atoms with Crippen LogP contribution in [-0.4, -0.2) is 30.5 Å². The van der Waals surface area contributed by atoms with Gasteiger partial charge in [-0.2, -0.15) is 0 Å². The first kappa shape index (κ1) is 15.0. The van der Waals surface area contributed by atoms with E-state index in [-0.39, 0.29) is 29.4 Å². The van der Waals surface area contributed by atoms with Gasteiger partial charge in [-0.15, -0.1) is 0 Å². The number of ether oxygens (including phenoxy) is 1. The number of hydrogen-bond acceptors (Lipinski definition) is 4. The maximum absolute atomic E-state index is 11.9. The van der Waals surface area contributed by atoms with Crippen LogP contribution < -0.4 is 10.1 Å². The summed E-state index contributed by atoms with van der Waals surface area (Å²) in [5.41, 5.74) is -0.426. The third kappa shape index (κ3) is 3.71. The monoisotopic (exact) mass is 265 g/mol. The number of phenols is 1. The lowest BCUT2D eigenvalue weighted by atomic mass is 9.91. The summed E-state index contributed by atoms with van der Waals surface area (Å²) in [5.74, 6) is -0.599. The first-order valence-corrected chi connectivity index (χ1v) is 5.95. The van der Waals surface area contributed by atoms with E-state index in [1.54, 1.807) is 32.9 Å². The highest BCUT2D eigenvalue weighted by Gasteiger charge is 2.22. The van der Waals surface area contributed by atoms with Crippen molar-refractivity contribution in [2.75, 3.05) is 13.7 Å². The second-order valence-electron chi connectivity index (χ2n) is 5.21. The molecule has 0 unspecified atom stereocenters. The number of hydrogen-bond donors (Lipinski definition) is 2. The molecule has 1 amide bonds. The predicted molar refractivity (Wildman–Crippen MR) is 71.5 cm³/mol. The van der Waals surface area contributed by atoms with E-state index in [1.165, 1.54) is 13.2 Å². The Kier molecular flexibility index (Phi) is 4.53. The number of benzene rings is 1. The second-order valence-corrected chi connectivity index (χ2v) is 5.21. The van der Waals surface area contributed by atoms with E-state index < -0.39 is 11.3 Å². The summed E-state index contributed by atoms with van der Waals surface area (Å²) in [6, 6.07) is 4.61. The Bertz CT molecular complexity index is 489. The molecule has 0 spiro atoms. The third-order valence-electron chi connectivity index (χ3n) is 2.71. The van der Waals surface area contributed by atoms with Crippen molar-refractivity contribution in [1.82, 2.24) is 5.32 Å². The highest BCUT2D eigenvalue weighted by atomic mass is 16.5. The van der Waals surface area contributed by atoms with E-state index in [0.717, 1.165) is 0 Å². The van der Waals surface area contributed by atoms with Crippen molar-refractivity contribution in [2.45, 2.75) is 20.8 Å². The maximum atomic E-state index is 11.9. The van der Waals surface area contributed by atoms with Gasteiger partial charge in [-0.3, -0.25) is 9.59 Å². The number of carbonyl (C=O) groups is 2. The standard InChI is InChI=1S/C14H19NO4/c1-14(2,3)11(16)8-15-13(18)9-6-5-7-10(19-4)12(9)17/h5-7,17H,8H2,1-4H3,(H,15,18). The van der Waals surface area contributed by atoms with Gasteiger partial charge in [0.05, 0.1) is 19.2 Å². The number of ketones is 1. The molecule has 0 saturated carbocycles. The Morgan fingerprint density at radius 3 is 2.47 bits per heavy atom. The number of rotatable bonds is 4. The summed E-state index contributed by atoms with van der Waals surface area (Å²) in [5, 5.41) is 12.3. The van der Waals surface area contributed by atoms with Gasteiger partial charge in [0.25, 0.3) is 5.91 Å². The van der Waals surface area contributed by atoms with Crippen molar-refractivity contribution < 1.29 is 19.4 Å². The number of nitrogens with one attached hydrogen (secondary N) is 1. The van der Waals surface area contributed by atoms with E-state index in [4.69, 9.17) is 4.74 Å². The summed E-state index contributed by atoms with van der Waals surface area (Å²) < 4.78 is 4.92. The molecule has 5 nitrogen and oxygen atoms in total. The summed E-state index contributed by atoms with van der Waals surface area (Å²) in [6.45, 7) is 5.28. The molecule has 2 N–H and O–H groups in total. The van der Waals surface area contributed by atoms with Gasteiger partial charge in [0.1, 0.15) is 0 Å². The topological polar surface area (TPSA) is 75.6 Å². The molecule has 1 rings (SSSR count). The molecular weight excluding hydrogens is 246 g/mol. The quantitative estimate of drug-likeness (QED) is 0.869.